The third-order valence-corrected chi connectivity index (χ3v) is 3.18. The Balaban J connectivity index is 2.86. The molecule has 0 spiro atoms. The van der Waals surface area contributed by atoms with Gasteiger partial charge in [-0.2, -0.15) is 0 Å². The van der Waals surface area contributed by atoms with Gasteiger partial charge in [0, 0.05) is 19.3 Å². The predicted octanol–water partition coefficient (Wildman–Crippen LogP) is 2.97. The Kier molecular flexibility index (Phi) is 7.09. The molecule has 0 fully saturated rings. The molecule has 2 N–H and O–H groups in total. The maximum atomic E-state index is 12.4. The Labute approximate surface area is 121 Å². The highest BCUT2D eigenvalue weighted by Crippen LogP contribution is 2.17. The number of carbonyl (C=O) groups is 1. The van der Waals surface area contributed by atoms with Crippen molar-refractivity contribution in [1.82, 2.24) is 5.32 Å². The van der Waals surface area contributed by atoms with Crippen molar-refractivity contribution in [3.8, 4) is 0 Å². The zero-order valence-corrected chi connectivity index (χ0v) is 13.0. The van der Waals surface area contributed by atoms with Crippen LogP contribution < -0.4 is 10.6 Å². The molecule has 1 aromatic carbocycles. The van der Waals surface area contributed by atoms with Crippen molar-refractivity contribution < 1.29 is 9.53 Å². The van der Waals surface area contributed by atoms with Crippen molar-refractivity contribution in [1.29, 1.82) is 0 Å². The number of hydrogen-bond acceptors (Lipinski definition) is 3. The first-order valence-corrected chi connectivity index (χ1v) is 7.26. The van der Waals surface area contributed by atoms with E-state index in [2.05, 4.69) is 17.6 Å². The number of ether oxygens (including phenoxy) is 1. The van der Waals surface area contributed by atoms with Crippen molar-refractivity contribution in [2.45, 2.75) is 39.7 Å². The Morgan fingerprint density at radius 3 is 2.70 bits per heavy atom. The van der Waals surface area contributed by atoms with Gasteiger partial charge in [0.05, 0.1) is 18.2 Å². The average Bonchev–Trinajstić information content (AvgIpc) is 2.45. The molecular formula is C16H26N2O2. The number of nitrogens with one attached hydrogen (secondary N) is 2. The zero-order chi connectivity index (χ0) is 15.0. The molecule has 0 heterocycles. The lowest BCUT2D eigenvalue weighted by molar-refractivity contribution is 0.0895. The fourth-order valence-electron chi connectivity index (χ4n) is 1.99. The highest BCUT2D eigenvalue weighted by molar-refractivity contribution is 6.00. The lowest BCUT2D eigenvalue weighted by Gasteiger charge is -2.18. The van der Waals surface area contributed by atoms with Gasteiger partial charge in [0.15, 0.2) is 0 Å². The second kappa shape index (κ2) is 8.59. The van der Waals surface area contributed by atoms with Crippen LogP contribution in [0.15, 0.2) is 18.2 Å². The van der Waals surface area contributed by atoms with Crippen molar-refractivity contribution in [2.24, 2.45) is 0 Å². The summed E-state index contributed by atoms with van der Waals surface area (Å²) in [6, 6.07) is 5.96. The molecule has 1 atom stereocenters. The molecule has 0 saturated heterocycles. The van der Waals surface area contributed by atoms with Gasteiger partial charge >= 0.3 is 0 Å². The summed E-state index contributed by atoms with van der Waals surface area (Å²) in [6.45, 7) is 7.53. The molecule has 112 valence electrons. The van der Waals surface area contributed by atoms with Crippen LogP contribution in [-0.2, 0) is 4.74 Å². The van der Waals surface area contributed by atoms with Crippen LogP contribution in [0.2, 0.25) is 0 Å². The third kappa shape index (κ3) is 4.85. The van der Waals surface area contributed by atoms with E-state index >= 15 is 0 Å². The van der Waals surface area contributed by atoms with E-state index in [1.165, 1.54) is 0 Å². The van der Waals surface area contributed by atoms with Gasteiger partial charge in [-0.25, -0.2) is 0 Å². The minimum atomic E-state index is -0.0452. The molecule has 1 aromatic rings. The zero-order valence-electron chi connectivity index (χ0n) is 13.0. The summed E-state index contributed by atoms with van der Waals surface area (Å²) in [4.78, 5) is 12.4. The first-order valence-electron chi connectivity index (χ1n) is 7.26. The number of amides is 1. The molecule has 0 aliphatic carbocycles. The molecule has 20 heavy (non-hydrogen) atoms. The SMILES string of the molecule is CCCNc1ccc(C)cc1C(=O)NC(CC)COC. The van der Waals surface area contributed by atoms with Crippen molar-refractivity contribution in [3.05, 3.63) is 29.3 Å². The summed E-state index contributed by atoms with van der Waals surface area (Å²) in [7, 11) is 1.65. The Morgan fingerprint density at radius 2 is 2.10 bits per heavy atom. The van der Waals surface area contributed by atoms with E-state index < -0.39 is 0 Å². The molecule has 0 aliphatic rings. The van der Waals surface area contributed by atoms with Gasteiger partial charge in [-0.05, 0) is 31.9 Å². The van der Waals surface area contributed by atoms with Gasteiger partial charge in [-0.15, -0.1) is 0 Å². The van der Waals surface area contributed by atoms with Crippen molar-refractivity contribution >= 4 is 11.6 Å². The van der Waals surface area contributed by atoms with Crippen LogP contribution in [0.1, 0.15) is 42.6 Å². The molecule has 1 amide bonds. The van der Waals surface area contributed by atoms with Gasteiger partial charge < -0.3 is 15.4 Å². The van der Waals surface area contributed by atoms with Crippen LogP contribution in [0.3, 0.4) is 0 Å². The van der Waals surface area contributed by atoms with Crippen molar-refractivity contribution in [3.63, 3.8) is 0 Å². The lowest BCUT2D eigenvalue weighted by Crippen LogP contribution is -2.37. The van der Waals surface area contributed by atoms with E-state index in [0.29, 0.717) is 12.2 Å². The van der Waals surface area contributed by atoms with Crippen LogP contribution >= 0.6 is 0 Å². The summed E-state index contributed by atoms with van der Waals surface area (Å²) in [5, 5.41) is 6.33. The molecule has 0 saturated carbocycles. The van der Waals surface area contributed by atoms with Crippen LogP contribution in [-0.4, -0.2) is 32.2 Å². The van der Waals surface area contributed by atoms with E-state index in [-0.39, 0.29) is 11.9 Å². The van der Waals surface area contributed by atoms with Crippen molar-refractivity contribution in [2.75, 3.05) is 25.6 Å². The molecule has 4 nitrogen and oxygen atoms in total. The van der Waals surface area contributed by atoms with E-state index in [1.54, 1.807) is 7.11 Å². The molecule has 1 rings (SSSR count). The Hall–Kier alpha value is -1.55. The minimum Gasteiger partial charge on any atom is -0.384 e. The number of methoxy groups -OCH3 is 1. The summed E-state index contributed by atoms with van der Waals surface area (Å²) in [5.41, 5.74) is 2.67. The summed E-state index contributed by atoms with van der Waals surface area (Å²) >= 11 is 0. The Morgan fingerprint density at radius 1 is 1.35 bits per heavy atom. The number of rotatable bonds is 8. The Bertz CT molecular complexity index is 432. The predicted molar refractivity (Wildman–Crippen MR) is 83.4 cm³/mol. The molecule has 0 aromatic heterocycles. The smallest absolute Gasteiger partial charge is 0.253 e. The number of hydrogen-bond donors (Lipinski definition) is 2. The fourth-order valence-corrected chi connectivity index (χ4v) is 1.99. The number of anilines is 1. The maximum absolute atomic E-state index is 12.4. The number of aryl methyl sites for hydroxylation is 1. The van der Waals surface area contributed by atoms with Gasteiger partial charge in [-0.3, -0.25) is 4.79 Å². The first kappa shape index (κ1) is 16.5. The summed E-state index contributed by atoms with van der Waals surface area (Å²) in [5.74, 6) is -0.0452. The molecule has 4 heteroatoms. The highest BCUT2D eigenvalue weighted by atomic mass is 16.5. The molecule has 1 unspecified atom stereocenters. The van der Waals surface area contributed by atoms with Gasteiger partial charge in [-0.1, -0.05) is 25.5 Å². The highest BCUT2D eigenvalue weighted by Gasteiger charge is 2.15. The molecule has 0 bridgehead atoms. The monoisotopic (exact) mass is 278 g/mol. The minimum absolute atomic E-state index is 0.0452. The number of carbonyl (C=O) groups excluding carboxylic acids is 1. The fraction of sp³-hybridized carbons (Fsp3) is 0.562. The molecular weight excluding hydrogens is 252 g/mol. The van der Waals surface area contributed by atoms with Crippen LogP contribution in [0, 0.1) is 6.92 Å². The third-order valence-electron chi connectivity index (χ3n) is 3.18. The van der Waals surface area contributed by atoms with E-state index in [4.69, 9.17) is 4.74 Å². The largest absolute Gasteiger partial charge is 0.384 e. The standard InChI is InChI=1S/C16H26N2O2/c1-5-9-17-15-8-7-12(3)10-14(15)16(19)18-13(6-2)11-20-4/h7-8,10,13,17H,5-6,9,11H2,1-4H3,(H,18,19). The van der Waals surface area contributed by atoms with Gasteiger partial charge in [0.25, 0.3) is 5.91 Å². The topological polar surface area (TPSA) is 50.4 Å². The van der Waals surface area contributed by atoms with Crippen LogP contribution in [0.4, 0.5) is 5.69 Å². The van der Waals surface area contributed by atoms with Crippen LogP contribution in [0.5, 0.6) is 0 Å². The lowest BCUT2D eigenvalue weighted by atomic mass is 10.1. The molecule has 0 aliphatic heterocycles. The second-order valence-corrected chi connectivity index (χ2v) is 5.01. The quantitative estimate of drug-likeness (QED) is 0.768. The summed E-state index contributed by atoms with van der Waals surface area (Å²) in [6.07, 6.45) is 1.87. The first-order chi connectivity index (χ1) is 9.62. The second-order valence-electron chi connectivity index (χ2n) is 5.01. The van der Waals surface area contributed by atoms with Crippen LogP contribution in [0.25, 0.3) is 0 Å². The molecule has 0 radical (unpaired) electrons. The van der Waals surface area contributed by atoms with Gasteiger partial charge in [0.1, 0.15) is 0 Å². The number of benzene rings is 1. The van der Waals surface area contributed by atoms with E-state index in [9.17, 15) is 4.79 Å². The normalized spacial score (nSPS) is 12.0. The summed E-state index contributed by atoms with van der Waals surface area (Å²) < 4.78 is 5.12. The maximum Gasteiger partial charge on any atom is 0.253 e. The van der Waals surface area contributed by atoms with E-state index in [0.717, 1.165) is 30.6 Å². The van der Waals surface area contributed by atoms with E-state index in [1.807, 2.05) is 32.0 Å². The average molecular weight is 278 g/mol. The van der Waals surface area contributed by atoms with Gasteiger partial charge in [0.2, 0.25) is 0 Å².